The predicted molar refractivity (Wildman–Crippen MR) is 89.7 cm³/mol. The van der Waals surface area contributed by atoms with E-state index in [-0.39, 0.29) is 13.2 Å². The van der Waals surface area contributed by atoms with Gasteiger partial charge in [-0.25, -0.2) is 9.36 Å². The third kappa shape index (κ3) is 6.10. The molecule has 7 heteroatoms. The van der Waals surface area contributed by atoms with Gasteiger partial charge in [0.1, 0.15) is 6.61 Å². The lowest BCUT2D eigenvalue weighted by atomic mass is 10.0. The van der Waals surface area contributed by atoms with Crippen LogP contribution in [0.3, 0.4) is 0 Å². The highest BCUT2D eigenvalue weighted by molar-refractivity contribution is 7.46. The highest BCUT2D eigenvalue weighted by Gasteiger charge is 2.16. The van der Waals surface area contributed by atoms with Crippen LogP contribution in [0.4, 0.5) is 0 Å². The van der Waals surface area contributed by atoms with Crippen LogP contribution in [-0.2, 0) is 18.6 Å². The molecular weight excluding hydrogens is 331 g/mol. The summed E-state index contributed by atoms with van der Waals surface area (Å²) in [6, 6.07) is 18.3. The third-order valence-corrected chi connectivity index (χ3v) is 3.51. The van der Waals surface area contributed by atoms with Crippen molar-refractivity contribution in [2.75, 3.05) is 13.2 Å². The Morgan fingerprint density at radius 1 is 0.958 bits per heavy atom. The fourth-order valence-electron chi connectivity index (χ4n) is 1.96. The first-order valence-electron chi connectivity index (χ1n) is 7.15. The Kier molecular flexibility index (Phi) is 6.46. The summed E-state index contributed by atoms with van der Waals surface area (Å²) in [6.45, 7) is -0.646. The summed E-state index contributed by atoms with van der Waals surface area (Å²) in [7, 11) is -4.57. The minimum absolute atomic E-state index is 0.261. The highest BCUT2D eigenvalue weighted by Crippen LogP contribution is 2.35. The number of benzene rings is 2. The van der Waals surface area contributed by atoms with Gasteiger partial charge in [0.2, 0.25) is 0 Å². The molecular formula is C17H17O6P. The van der Waals surface area contributed by atoms with Crippen molar-refractivity contribution in [3.05, 3.63) is 71.8 Å². The van der Waals surface area contributed by atoms with Gasteiger partial charge in [-0.15, -0.1) is 0 Å². The molecule has 24 heavy (non-hydrogen) atoms. The molecule has 0 bridgehead atoms. The summed E-state index contributed by atoms with van der Waals surface area (Å²) in [5.74, 6) is -0.598. The van der Waals surface area contributed by atoms with E-state index < -0.39 is 13.8 Å². The molecule has 0 radical (unpaired) electrons. The van der Waals surface area contributed by atoms with Crippen LogP contribution in [0.25, 0.3) is 11.6 Å². The summed E-state index contributed by atoms with van der Waals surface area (Å²) in [5, 5.41) is 0. The van der Waals surface area contributed by atoms with Gasteiger partial charge in [0.15, 0.2) is 0 Å². The van der Waals surface area contributed by atoms with E-state index in [1.807, 2.05) is 36.4 Å². The van der Waals surface area contributed by atoms with Gasteiger partial charge < -0.3 is 14.5 Å². The molecule has 0 heterocycles. The summed E-state index contributed by atoms with van der Waals surface area (Å²) >= 11 is 0. The van der Waals surface area contributed by atoms with E-state index in [4.69, 9.17) is 14.5 Å². The molecule has 2 aromatic rings. The van der Waals surface area contributed by atoms with Crippen molar-refractivity contribution in [3.8, 4) is 0 Å². The highest BCUT2D eigenvalue weighted by atomic mass is 31.2. The number of ether oxygens (including phenoxy) is 1. The van der Waals surface area contributed by atoms with E-state index >= 15 is 0 Å². The van der Waals surface area contributed by atoms with Crippen molar-refractivity contribution in [2.24, 2.45) is 0 Å². The van der Waals surface area contributed by atoms with Crippen LogP contribution in [0, 0.1) is 0 Å². The molecule has 0 saturated heterocycles. The minimum Gasteiger partial charge on any atom is -0.460 e. The zero-order chi connectivity index (χ0) is 17.4. The van der Waals surface area contributed by atoms with Crippen LogP contribution in [-0.4, -0.2) is 29.0 Å². The summed E-state index contributed by atoms with van der Waals surface area (Å²) < 4.78 is 19.9. The lowest BCUT2D eigenvalue weighted by Gasteiger charge is -2.10. The zero-order valence-electron chi connectivity index (χ0n) is 12.7. The fourth-order valence-corrected chi connectivity index (χ4v) is 2.27. The first-order chi connectivity index (χ1) is 11.5. The van der Waals surface area contributed by atoms with E-state index in [1.165, 1.54) is 0 Å². The molecule has 0 saturated carbocycles. The van der Waals surface area contributed by atoms with Gasteiger partial charge in [0.05, 0.1) is 12.2 Å². The van der Waals surface area contributed by atoms with Crippen molar-refractivity contribution in [2.45, 2.75) is 0 Å². The number of hydrogen-bond acceptors (Lipinski definition) is 4. The average molecular weight is 348 g/mol. The lowest BCUT2D eigenvalue weighted by Crippen LogP contribution is -2.11. The molecule has 2 N–H and O–H groups in total. The molecule has 0 aliphatic heterocycles. The predicted octanol–water partition coefficient (Wildman–Crippen LogP) is 2.88. The Bertz CT molecular complexity index is 736. The number of hydrogen-bond donors (Lipinski definition) is 2. The molecule has 6 nitrogen and oxygen atoms in total. The number of phosphoric acid groups is 1. The van der Waals surface area contributed by atoms with Crippen LogP contribution in [0.5, 0.6) is 0 Å². The van der Waals surface area contributed by atoms with Gasteiger partial charge >= 0.3 is 13.8 Å². The Labute approximate surface area is 139 Å². The maximum Gasteiger partial charge on any atom is 0.469 e. The van der Waals surface area contributed by atoms with Crippen molar-refractivity contribution in [3.63, 3.8) is 0 Å². The van der Waals surface area contributed by atoms with Gasteiger partial charge in [-0.2, -0.15) is 0 Å². The molecule has 2 rings (SSSR count). The molecule has 0 fully saturated rings. The summed E-state index contributed by atoms with van der Waals surface area (Å²) in [4.78, 5) is 29.5. The molecule has 0 aliphatic rings. The van der Waals surface area contributed by atoms with Gasteiger partial charge in [0.25, 0.3) is 0 Å². The molecule has 0 unspecified atom stereocenters. The third-order valence-electron chi connectivity index (χ3n) is 2.99. The van der Waals surface area contributed by atoms with Crippen LogP contribution in [0.1, 0.15) is 11.1 Å². The van der Waals surface area contributed by atoms with E-state index in [0.717, 1.165) is 5.56 Å². The van der Waals surface area contributed by atoms with E-state index in [1.54, 1.807) is 30.3 Å². The van der Waals surface area contributed by atoms with Gasteiger partial charge in [-0.05, 0) is 17.2 Å². The SMILES string of the molecule is O=C(OCCOP(=O)(O)O)C(=Cc1ccccc1)c1ccccc1. The molecule has 0 aromatic heterocycles. The Morgan fingerprint density at radius 2 is 1.54 bits per heavy atom. The fraction of sp³-hybridized carbons (Fsp3) is 0.118. The van der Waals surface area contributed by atoms with Crippen LogP contribution in [0.15, 0.2) is 60.7 Å². The van der Waals surface area contributed by atoms with Crippen LogP contribution in [0.2, 0.25) is 0 Å². The number of esters is 1. The standard InChI is InChI=1S/C17H17O6P/c18-17(22-11-12-23-24(19,20)21)16(15-9-5-2-6-10-15)13-14-7-3-1-4-8-14/h1-10,13H,11-12H2,(H2,19,20,21). The van der Waals surface area contributed by atoms with Gasteiger partial charge in [0, 0.05) is 0 Å². The van der Waals surface area contributed by atoms with Crippen molar-refractivity contribution in [1.82, 2.24) is 0 Å². The Hall–Kier alpha value is -2.24. The van der Waals surface area contributed by atoms with Crippen LogP contribution >= 0.6 is 7.82 Å². The second kappa shape index (κ2) is 8.57. The number of phosphoric ester groups is 1. The van der Waals surface area contributed by atoms with E-state index in [0.29, 0.717) is 11.1 Å². The molecule has 2 aromatic carbocycles. The number of carbonyl (C=O) groups excluding carboxylic acids is 1. The number of carbonyl (C=O) groups is 1. The van der Waals surface area contributed by atoms with Gasteiger partial charge in [-0.3, -0.25) is 4.52 Å². The maximum atomic E-state index is 12.3. The summed E-state index contributed by atoms with van der Waals surface area (Å²) in [5.41, 5.74) is 1.86. The quantitative estimate of drug-likeness (QED) is 0.263. The van der Waals surface area contributed by atoms with Crippen LogP contribution < -0.4 is 0 Å². The van der Waals surface area contributed by atoms with E-state index in [2.05, 4.69) is 4.52 Å². The summed E-state index contributed by atoms with van der Waals surface area (Å²) in [6.07, 6.45) is 1.70. The smallest absolute Gasteiger partial charge is 0.460 e. The number of rotatable bonds is 7. The first-order valence-corrected chi connectivity index (χ1v) is 8.68. The van der Waals surface area contributed by atoms with Crippen molar-refractivity contribution < 1.29 is 28.4 Å². The minimum atomic E-state index is -4.57. The molecule has 126 valence electrons. The molecule has 0 amide bonds. The largest absolute Gasteiger partial charge is 0.469 e. The Morgan fingerprint density at radius 3 is 2.12 bits per heavy atom. The monoisotopic (exact) mass is 348 g/mol. The second-order valence-corrected chi connectivity index (χ2v) is 6.03. The van der Waals surface area contributed by atoms with Crippen molar-refractivity contribution >= 4 is 25.4 Å². The lowest BCUT2D eigenvalue weighted by molar-refractivity contribution is -0.137. The molecule has 0 aliphatic carbocycles. The average Bonchev–Trinajstić information content (AvgIpc) is 2.57. The molecule has 0 spiro atoms. The molecule has 0 atom stereocenters. The van der Waals surface area contributed by atoms with Gasteiger partial charge in [-0.1, -0.05) is 60.7 Å². The zero-order valence-corrected chi connectivity index (χ0v) is 13.6. The maximum absolute atomic E-state index is 12.3. The van der Waals surface area contributed by atoms with E-state index in [9.17, 15) is 9.36 Å². The second-order valence-electron chi connectivity index (χ2n) is 4.79. The topological polar surface area (TPSA) is 93.1 Å². The normalized spacial score (nSPS) is 12.0. The van der Waals surface area contributed by atoms with Crippen molar-refractivity contribution in [1.29, 1.82) is 0 Å². The first kappa shape index (κ1) is 18.1. The Balaban J connectivity index is 2.13.